The number of nitrogens with zero attached hydrogens (tertiary/aromatic N) is 3. The number of hydrogen-bond acceptors (Lipinski definition) is 5. The average Bonchev–Trinajstić information content (AvgIpc) is 2.45. The summed E-state index contributed by atoms with van der Waals surface area (Å²) in [5.41, 5.74) is 2.16. The molecule has 0 spiro atoms. The summed E-state index contributed by atoms with van der Waals surface area (Å²) >= 11 is 0. The molecule has 5 nitrogen and oxygen atoms in total. The summed E-state index contributed by atoms with van der Waals surface area (Å²) in [6, 6.07) is 9.25. The van der Waals surface area contributed by atoms with Crippen LogP contribution < -0.4 is 4.74 Å². The molecule has 2 aromatic rings. The van der Waals surface area contributed by atoms with Crippen molar-refractivity contribution in [3.8, 4) is 17.1 Å². The van der Waals surface area contributed by atoms with Crippen molar-refractivity contribution < 1.29 is 9.57 Å². The van der Waals surface area contributed by atoms with E-state index in [0.717, 1.165) is 11.4 Å². The second-order valence-corrected chi connectivity index (χ2v) is 3.45. The Hall–Kier alpha value is -2.43. The molecule has 0 amide bonds. The lowest BCUT2D eigenvalue weighted by Gasteiger charge is -2.05. The third-order valence-corrected chi connectivity index (χ3v) is 2.27. The summed E-state index contributed by atoms with van der Waals surface area (Å²) in [5.74, 6) is 0.697. The molecular weight excluding hydrogens is 230 g/mol. The molecule has 2 aromatic heterocycles. The molecule has 0 aliphatic carbocycles. The Labute approximate surface area is 105 Å². The van der Waals surface area contributed by atoms with Crippen LogP contribution in [0.1, 0.15) is 5.69 Å². The first-order valence-corrected chi connectivity index (χ1v) is 5.37. The van der Waals surface area contributed by atoms with Crippen molar-refractivity contribution in [1.29, 1.82) is 0 Å². The van der Waals surface area contributed by atoms with Crippen LogP contribution in [0.15, 0.2) is 41.7 Å². The third kappa shape index (κ3) is 2.82. The van der Waals surface area contributed by atoms with Crippen molar-refractivity contribution in [2.75, 3.05) is 14.2 Å². The minimum atomic E-state index is 0.650. The van der Waals surface area contributed by atoms with E-state index >= 15 is 0 Å². The van der Waals surface area contributed by atoms with Crippen LogP contribution in [0.2, 0.25) is 0 Å². The summed E-state index contributed by atoms with van der Waals surface area (Å²) in [4.78, 5) is 13.3. The molecule has 0 unspecified atom stereocenters. The summed E-state index contributed by atoms with van der Waals surface area (Å²) in [6.45, 7) is 0. The monoisotopic (exact) mass is 243 g/mol. The first-order valence-electron chi connectivity index (χ1n) is 5.37. The van der Waals surface area contributed by atoms with Gasteiger partial charge in [0.25, 0.3) is 0 Å². The van der Waals surface area contributed by atoms with Crippen LogP contribution in [0.3, 0.4) is 0 Å². The molecule has 2 heterocycles. The van der Waals surface area contributed by atoms with Crippen LogP contribution >= 0.6 is 0 Å². The van der Waals surface area contributed by atoms with E-state index in [4.69, 9.17) is 4.74 Å². The van der Waals surface area contributed by atoms with E-state index in [2.05, 4.69) is 20.0 Å². The van der Waals surface area contributed by atoms with E-state index in [9.17, 15) is 0 Å². The van der Waals surface area contributed by atoms with Crippen molar-refractivity contribution >= 4 is 6.21 Å². The van der Waals surface area contributed by atoms with Crippen LogP contribution in [0.4, 0.5) is 0 Å². The maximum atomic E-state index is 5.23. The van der Waals surface area contributed by atoms with Crippen molar-refractivity contribution in [2.24, 2.45) is 5.16 Å². The van der Waals surface area contributed by atoms with Gasteiger partial charge in [0.05, 0.1) is 30.4 Å². The molecule has 0 radical (unpaired) electrons. The largest absolute Gasteiger partial charge is 0.497 e. The molecular formula is C13H13N3O2. The Morgan fingerprint density at radius 2 is 2.06 bits per heavy atom. The van der Waals surface area contributed by atoms with Gasteiger partial charge in [0.1, 0.15) is 12.9 Å². The van der Waals surface area contributed by atoms with Gasteiger partial charge in [0, 0.05) is 18.3 Å². The van der Waals surface area contributed by atoms with Gasteiger partial charge in [-0.15, -0.1) is 0 Å². The Bertz CT molecular complexity index is 541. The van der Waals surface area contributed by atoms with Gasteiger partial charge >= 0.3 is 0 Å². The number of rotatable bonds is 4. The van der Waals surface area contributed by atoms with Gasteiger partial charge in [-0.2, -0.15) is 0 Å². The molecule has 0 bridgehead atoms. The van der Waals surface area contributed by atoms with Crippen molar-refractivity contribution in [3.05, 3.63) is 42.2 Å². The third-order valence-electron chi connectivity index (χ3n) is 2.27. The fourth-order valence-electron chi connectivity index (χ4n) is 1.46. The van der Waals surface area contributed by atoms with Crippen LogP contribution in [-0.2, 0) is 4.84 Å². The van der Waals surface area contributed by atoms with Crippen molar-refractivity contribution in [1.82, 2.24) is 9.97 Å². The predicted molar refractivity (Wildman–Crippen MR) is 68.6 cm³/mol. The number of methoxy groups -OCH3 is 1. The Kier molecular flexibility index (Phi) is 3.86. The first-order chi connectivity index (χ1) is 8.83. The van der Waals surface area contributed by atoms with Gasteiger partial charge in [-0.1, -0.05) is 11.2 Å². The summed E-state index contributed by atoms with van der Waals surface area (Å²) < 4.78 is 5.23. The maximum absolute atomic E-state index is 5.23. The number of aromatic nitrogens is 2. The highest BCUT2D eigenvalue weighted by Gasteiger charge is 2.05. The fourth-order valence-corrected chi connectivity index (χ4v) is 1.46. The Balaban J connectivity index is 2.44. The maximum Gasteiger partial charge on any atom is 0.123 e. The Morgan fingerprint density at radius 1 is 1.17 bits per heavy atom. The molecule has 0 aromatic carbocycles. The molecule has 0 atom stereocenters. The topological polar surface area (TPSA) is 56.6 Å². The van der Waals surface area contributed by atoms with Gasteiger partial charge in [-0.3, -0.25) is 4.98 Å². The van der Waals surface area contributed by atoms with Gasteiger partial charge < -0.3 is 9.57 Å². The smallest absolute Gasteiger partial charge is 0.123 e. The molecule has 0 N–H and O–H groups in total. The summed E-state index contributed by atoms with van der Waals surface area (Å²) in [6.07, 6.45) is 3.24. The first kappa shape index (κ1) is 12.0. The van der Waals surface area contributed by atoms with Gasteiger partial charge in [0.15, 0.2) is 0 Å². The zero-order valence-electron chi connectivity index (χ0n) is 10.2. The second kappa shape index (κ2) is 5.77. The normalized spacial score (nSPS) is 10.6. The van der Waals surface area contributed by atoms with E-state index < -0.39 is 0 Å². The van der Waals surface area contributed by atoms with Crippen LogP contribution in [0.5, 0.6) is 5.75 Å². The van der Waals surface area contributed by atoms with Gasteiger partial charge in [-0.25, -0.2) is 4.98 Å². The van der Waals surface area contributed by atoms with E-state index in [1.807, 2.05) is 24.3 Å². The lowest BCUT2D eigenvalue weighted by Crippen LogP contribution is -1.95. The number of ether oxygens (including phenoxy) is 1. The summed E-state index contributed by atoms with van der Waals surface area (Å²) in [5, 5.41) is 3.69. The standard InChI is InChI=1S/C13H13N3O2/c1-17-11-7-10(9-15-18-2)16-13(8-11)12-5-3-4-6-14-12/h3-9H,1-2H3/b15-9+. The van der Waals surface area contributed by atoms with Gasteiger partial charge in [0.2, 0.25) is 0 Å². The summed E-state index contributed by atoms with van der Waals surface area (Å²) in [7, 11) is 3.09. The lowest BCUT2D eigenvalue weighted by molar-refractivity contribution is 0.215. The zero-order valence-corrected chi connectivity index (χ0v) is 10.2. The van der Waals surface area contributed by atoms with E-state index in [-0.39, 0.29) is 0 Å². The van der Waals surface area contributed by atoms with Gasteiger partial charge in [-0.05, 0) is 12.1 Å². The molecule has 0 aliphatic rings. The molecule has 5 heteroatoms. The molecule has 92 valence electrons. The highest BCUT2D eigenvalue weighted by molar-refractivity contribution is 5.78. The molecule has 0 saturated carbocycles. The van der Waals surface area contributed by atoms with E-state index in [1.54, 1.807) is 19.4 Å². The molecule has 0 aliphatic heterocycles. The van der Waals surface area contributed by atoms with Crippen LogP contribution in [0, 0.1) is 0 Å². The highest BCUT2D eigenvalue weighted by atomic mass is 16.6. The van der Waals surface area contributed by atoms with E-state index in [1.165, 1.54) is 13.3 Å². The second-order valence-electron chi connectivity index (χ2n) is 3.45. The number of oxime groups is 1. The minimum absolute atomic E-state index is 0.650. The number of pyridine rings is 2. The molecule has 0 fully saturated rings. The van der Waals surface area contributed by atoms with Crippen LogP contribution in [-0.4, -0.2) is 30.4 Å². The predicted octanol–water partition coefficient (Wildman–Crippen LogP) is 2.13. The van der Waals surface area contributed by atoms with E-state index in [0.29, 0.717) is 11.4 Å². The fraction of sp³-hybridized carbons (Fsp3) is 0.154. The van der Waals surface area contributed by atoms with Crippen LogP contribution in [0.25, 0.3) is 11.4 Å². The average molecular weight is 243 g/mol. The lowest BCUT2D eigenvalue weighted by atomic mass is 10.2. The SMILES string of the molecule is CO/N=C/c1cc(OC)cc(-c2ccccn2)n1. The highest BCUT2D eigenvalue weighted by Crippen LogP contribution is 2.20. The molecule has 0 saturated heterocycles. The molecule has 2 rings (SSSR count). The minimum Gasteiger partial charge on any atom is -0.497 e. The Morgan fingerprint density at radius 3 is 2.72 bits per heavy atom. The van der Waals surface area contributed by atoms with Crippen molar-refractivity contribution in [3.63, 3.8) is 0 Å². The number of hydrogen-bond donors (Lipinski definition) is 0. The zero-order chi connectivity index (χ0) is 12.8. The van der Waals surface area contributed by atoms with Crippen molar-refractivity contribution in [2.45, 2.75) is 0 Å². The quantitative estimate of drug-likeness (QED) is 0.609. The molecule has 18 heavy (non-hydrogen) atoms.